The smallest absolute Gasteiger partial charge is 0.330 e. The van der Waals surface area contributed by atoms with E-state index in [2.05, 4.69) is 10.3 Å². The lowest BCUT2D eigenvalue weighted by Gasteiger charge is -2.25. The monoisotopic (exact) mass is 331 g/mol. The number of thioether (sulfide) groups is 1. The van der Waals surface area contributed by atoms with Crippen molar-refractivity contribution >= 4 is 28.8 Å². The van der Waals surface area contributed by atoms with Crippen molar-refractivity contribution in [2.75, 3.05) is 13.1 Å². The molecular weight excluding hydrogens is 314 g/mol. The lowest BCUT2D eigenvalue weighted by atomic mass is 10.1. The number of carbonyl (C=O) groups excluding carboxylic acids is 1. The molecule has 3 rings (SSSR count). The molecule has 2 heterocycles. The number of carbonyl (C=O) groups is 2. The van der Waals surface area contributed by atoms with Gasteiger partial charge in [0.2, 0.25) is 5.91 Å². The molecule has 0 spiro atoms. The highest BCUT2D eigenvalue weighted by molar-refractivity contribution is 8.16. The molecule has 1 aromatic rings. The zero-order chi connectivity index (χ0) is 16.2. The molecule has 120 valence electrons. The van der Waals surface area contributed by atoms with Gasteiger partial charge in [0.25, 0.3) is 0 Å². The predicted octanol–water partition coefficient (Wildman–Crippen LogP) is 1.97. The van der Waals surface area contributed by atoms with E-state index in [0.29, 0.717) is 5.56 Å². The number of amidine groups is 1. The fourth-order valence-corrected chi connectivity index (χ4v) is 3.54. The van der Waals surface area contributed by atoms with Crippen molar-refractivity contribution < 1.29 is 14.7 Å². The Hall–Kier alpha value is -2.28. The van der Waals surface area contributed by atoms with E-state index in [1.165, 1.54) is 11.8 Å². The summed E-state index contributed by atoms with van der Waals surface area (Å²) in [6, 6.07) is 7.67. The second kappa shape index (κ2) is 6.87. The zero-order valence-corrected chi connectivity index (χ0v) is 13.3. The number of fused-ring (bicyclic) bond motifs is 1. The molecule has 7 heteroatoms. The molecule has 0 unspecified atom stereocenters. The van der Waals surface area contributed by atoms with Crippen LogP contribution in [-0.2, 0) is 9.59 Å². The molecule has 0 saturated heterocycles. The van der Waals surface area contributed by atoms with Crippen molar-refractivity contribution in [1.29, 1.82) is 0 Å². The van der Waals surface area contributed by atoms with Gasteiger partial charge in [-0.25, -0.2) is 4.79 Å². The Kier molecular flexibility index (Phi) is 4.66. The second-order valence-electron chi connectivity index (χ2n) is 5.32. The average molecular weight is 331 g/mol. The van der Waals surface area contributed by atoms with E-state index in [1.807, 2.05) is 16.4 Å². The van der Waals surface area contributed by atoms with E-state index in [9.17, 15) is 14.7 Å². The van der Waals surface area contributed by atoms with Gasteiger partial charge in [0.15, 0.2) is 11.2 Å². The minimum absolute atomic E-state index is 0.155. The first-order chi connectivity index (χ1) is 11.1. The fraction of sp³-hybridized carbons (Fsp3) is 0.312. The van der Waals surface area contributed by atoms with Crippen LogP contribution in [0.1, 0.15) is 24.4 Å². The maximum Gasteiger partial charge on any atom is 0.330 e. The predicted molar refractivity (Wildman–Crippen MR) is 88.9 cm³/mol. The molecule has 0 bridgehead atoms. The fourth-order valence-electron chi connectivity index (χ4n) is 2.58. The van der Waals surface area contributed by atoms with Crippen LogP contribution < -0.4 is 5.32 Å². The SMILES string of the molecule is O=C(CC1=CSC2=NCCCN12)N[C@H](C(=O)O)c1ccccc1. The number of carboxylic acids is 1. The molecule has 0 fully saturated rings. The summed E-state index contributed by atoms with van der Waals surface area (Å²) in [5.41, 5.74) is 1.44. The summed E-state index contributed by atoms with van der Waals surface area (Å²) < 4.78 is 0. The first kappa shape index (κ1) is 15.6. The summed E-state index contributed by atoms with van der Waals surface area (Å²) >= 11 is 1.52. The van der Waals surface area contributed by atoms with Crippen molar-refractivity contribution in [3.8, 4) is 0 Å². The maximum absolute atomic E-state index is 12.3. The van der Waals surface area contributed by atoms with Gasteiger partial charge in [0.1, 0.15) is 0 Å². The number of nitrogens with zero attached hydrogens (tertiary/aromatic N) is 2. The molecule has 0 aromatic heterocycles. The highest BCUT2D eigenvalue weighted by atomic mass is 32.2. The lowest BCUT2D eigenvalue weighted by molar-refractivity contribution is -0.142. The number of benzene rings is 1. The molecule has 1 amide bonds. The van der Waals surface area contributed by atoms with E-state index >= 15 is 0 Å². The quantitative estimate of drug-likeness (QED) is 0.862. The van der Waals surface area contributed by atoms with E-state index in [0.717, 1.165) is 30.4 Å². The number of hydrogen-bond acceptors (Lipinski definition) is 5. The normalized spacial score (nSPS) is 17.8. The van der Waals surface area contributed by atoms with Gasteiger partial charge in [-0.2, -0.15) is 0 Å². The van der Waals surface area contributed by atoms with Crippen LogP contribution in [0.25, 0.3) is 0 Å². The molecule has 1 aromatic carbocycles. The van der Waals surface area contributed by atoms with Gasteiger partial charge in [-0.15, -0.1) is 0 Å². The summed E-state index contributed by atoms with van der Waals surface area (Å²) in [7, 11) is 0. The van der Waals surface area contributed by atoms with Crippen LogP contribution in [0.3, 0.4) is 0 Å². The van der Waals surface area contributed by atoms with Crippen LogP contribution in [0.15, 0.2) is 46.4 Å². The number of hydrogen-bond donors (Lipinski definition) is 2. The van der Waals surface area contributed by atoms with Crippen LogP contribution >= 0.6 is 11.8 Å². The van der Waals surface area contributed by atoms with Crippen molar-refractivity contribution in [2.45, 2.75) is 18.9 Å². The van der Waals surface area contributed by atoms with E-state index in [4.69, 9.17) is 0 Å². The van der Waals surface area contributed by atoms with Crippen molar-refractivity contribution in [1.82, 2.24) is 10.2 Å². The summed E-state index contributed by atoms with van der Waals surface area (Å²) in [5.74, 6) is -1.38. The number of aliphatic carboxylic acids is 1. The molecule has 0 saturated carbocycles. The van der Waals surface area contributed by atoms with Crippen LogP contribution in [0.5, 0.6) is 0 Å². The van der Waals surface area contributed by atoms with Gasteiger partial charge in [-0.1, -0.05) is 42.1 Å². The molecule has 23 heavy (non-hydrogen) atoms. The molecular formula is C16H17N3O3S. The molecule has 2 aliphatic heterocycles. The maximum atomic E-state index is 12.3. The number of aliphatic imine (C=N–C) groups is 1. The van der Waals surface area contributed by atoms with Crippen LogP contribution in [0, 0.1) is 0 Å². The number of carboxylic acid groups (broad SMARTS) is 1. The standard InChI is InChI=1S/C16H17N3O3S/c20-13(9-12-10-23-16-17-7-4-8-19(12)16)18-14(15(21)22)11-5-2-1-3-6-11/h1-3,5-6,10,14H,4,7-9H2,(H,18,20)(H,21,22)/t14-/m0/s1. The summed E-state index contributed by atoms with van der Waals surface area (Å²) in [4.78, 5) is 30.2. The van der Waals surface area contributed by atoms with E-state index in [-0.39, 0.29) is 12.3 Å². The second-order valence-corrected chi connectivity index (χ2v) is 6.16. The zero-order valence-electron chi connectivity index (χ0n) is 12.4. The van der Waals surface area contributed by atoms with Crippen LogP contribution in [-0.4, -0.2) is 40.1 Å². The molecule has 1 atom stereocenters. The molecule has 0 aliphatic carbocycles. The Balaban J connectivity index is 1.65. The Morgan fingerprint density at radius 1 is 1.35 bits per heavy atom. The summed E-state index contributed by atoms with van der Waals surface area (Å²) in [5, 5.41) is 14.8. The Bertz CT molecular complexity index is 672. The minimum atomic E-state index is -1.07. The summed E-state index contributed by atoms with van der Waals surface area (Å²) in [6.07, 6.45) is 1.12. The topological polar surface area (TPSA) is 82.0 Å². The molecule has 2 N–H and O–H groups in total. The number of nitrogens with one attached hydrogen (secondary N) is 1. The Labute approximate surface area is 138 Å². The lowest BCUT2D eigenvalue weighted by Crippen LogP contribution is -2.36. The van der Waals surface area contributed by atoms with Crippen molar-refractivity contribution in [3.05, 3.63) is 47.0 Å². The van der Waals surface area contributed by atoms with Gasteiger partial charge in [0, 0.05) is 18.8 Å². The van der Waals surface area contributed by atoms with Crippen molar-refractivity contribution in [3.63, 3.8) is 0 Å². The highest BCUT2D eigenvalue weighted by Gasteiger charge is 2.28. The van der Waals surface area contributed by atoms with E-state index in [1.54, 1.807) is 24.3 Å². The summed E-state index contributed by atoms with van der Waals surface area (Å²) in [6.45, 7) is 1.67. The third kappa shape index (κ3) is 3.56. The average Bonchev–Trinajstić information content (AvgIpc) is 2.96. The van der Waals surface area contributed by atoms with E-state index < -0.39 is 12.0 Å². The van der Waals surface area contributed by atoms with Gasteiger partial charge in [0.05, 0.1) is 6.42 Å². The van der Waals surface area contributed by atoms with Crippen molar-refractivity contribution in [2.24, 2.45) is 4.99 Å². The van der Waals surface area contributed by atoms with Gasteiger partial charge in [-0.3, -0.25) is 9.79 Å². The number of rotatable bonds is 5. The third-order valence-electron chi connectivity index (χ3n) is 3.69. The first-order valence-corrected chi connectivity index (χ1v) is 8.28. The Morgan fingerprint density at radius 3 is 2.87 bits per heavy atom. The number of amides is 1. The van der Waals surface area contributed by atoms with Crippen LogP contribution in [0.2, 0.25) is 0 Å². The Morgan fingerprint density at radius 2 is 2.13 bits per heavy atom. The van der Waals surface area contributed by atoms with Gasteiger partial charge < -0.3 is 15.3 Å². The minimum Gasteiger partial charge on any atom is -0.479 e. The molecule has 6 nitrogen and oxygen atoms in total. The van der Waals surface area contributed by atoms with Gasteiger partial charge in [-0.05, 0) is 17.4 Å². The largest absolute Gasteiger partial charge is 0.479 e. The van der Waals surface area contributed by atoms with Gasteiger partial charge >= 0.3 is 5.97 Å². The third-order valence-corrected chi connectivity index (χ3v) is 4.64. The molecule has 2 aliphatic rings. The van der Waals surface area contributed by atoms with Crippen LogP contribution in [0.4, 0.5) is 0 Å². The highest BCUT2D eigenvalue weighted by Crippen LogP contribution is 2.30. The molecule has 0 radical (unpaired) electrons. The first-order valence-electron chi connectivity index (χ1n) is 7.40.